The first-order valence-corrected chi connectivity index (χ1v) is 6.26. The average Bonchev–Trinajstić information content (AvgIpc) is 2.72. The standard InChI is InChI=1S/C11H15NOS/c13-11(9-3-1-2-4-9)12-10-5-7-14-8-6-10/h1-3,10H,4-8H2,(H,12,13). The van der Waals surface area contributed by atoms with Crippen LogP contribution in [0.15, 0.2) is 23.8 Å². The fourth-order valence-electron chi connectivity index (χ4n) is 1.74. The molecule has 0 atom stereocenters. The van der Waals surface area contributed by atoms with Crippen molar-refractivity contribution in [2.24, 2.45) is 0 Å². The molecule has 1 aliphatic heterocycles. The summed E-state index contributed by atoms with van der Waals surface area (Å²) in [7, 11) is 0. The molecule has 3 heteroatoms. The average molecular weight is 209 g/mol. The van der Waals surface area contributed by atoms with Crippen LogP contribution in [-0.4, -0.2) is 23.5 Å². The van der Waals surface area contributed by atoms with E-state index in [1.807, 2.05) is 30.0 Å². The molecule has 0 radical (unpaired) electrons. The minimum atomic E-state index is 0.131. The molecule has 0 spiro atoms. The Morgan fingerprint density at radius 2 is 2.21 bits per heavy atom. The van der Waals surface area contributed by atoms with Crippen molar-refractivity contribution in [3.05, 3.63) is 23.8 Å². The normalized spacial score (nSPS) is 22.1. The maximum atomic E-state index is 11.7. The summed E-state index contributed by atoms with van der Waals surface area (Å²) in [4.78, 5) is 11.7. The molecule has 1 amide bonds. The second-order valence-corrected chi connectivity index (χ2v) is 4.91. The van der Waals surface area contributed by atoms with Crippen molar-refractivity contribution in [1.29, 1.82) is 0 Å². The fourth-order valence-corrected chi connectivity index (χ4v) is 2.84. The quantitative estimate of drug-likeness (QED) is 0.752. The van der Waals surface area contributed by atoms with E-state index in [-0.39, 0.29) is 5.91 Å². The number of rotatable bonds is 2. The zero-order valence-electron chi connectivity index (χ0n) is 8.16. The van der Waals surface area contributed by atoms with Crippen LogP contribution in [-0.2, 0) is 4.79 Å². The number of carbonyl (C=O) groups excluding carboxylic acids is 1. The molecule has 1 heterocycles. The summed E-state index contributed by atoms with van der Waals surface area (Å²) in [6.07, 6.45) is 8.92. The van der Waals surface area contributed by atoms with Gasteiger partial charge in [0.1, 0.15) is 0 Å². The van der Waals surface area contributed by atoms with Gasteiger partial charge in [0.25, 0.3) is 0 Å². The lowest BCUT2D eigenvalue weighted by Gasteiger charge is -2.22. The van der Waals surface area contributed by atoms with Gasteiger partial charge in [0.15, 0.2) is 0 Å². The molecule has 0 bridgehead atoms. The highest BCUT2D eigenvalue weighted by atomic mass is 32.2. The molecule has 0 aromatic rings. The number of hydrogen-bond acceptors (Lipinski definition) is 2. The lowest BCUT2D eigenvalue weighted by atomic mass is 10.1. The van der Waals surface area contributed by atoms with Gasteiger partial charge in [-0.2, -0.15) is 11.8 Å². The topological polar surface area (TPSA) is 29.1 Å². The van der Waals surface area contributed by atoms with Gasteiger partial charge in [0.2, 0.25) is 5.91 Å². The van der Waals surface area contributed by atoms with Crippen LogP contribution in [0.3, 0.4) is 0 Å². The van der Waals surface area contributed by atoms with E-state index in [0.29, 0.717) is 6.04 Å². The van der Waals surface area contributed by atoms with Gasteiger partial charge in [-0.05, 0) is 30.8 Å². The SMILES string of the molecule is O=C(NC1CCSCC1)C1=CC=CC1. The van der Waals surface area contributed by atoms with E-state index < -0.39 is 0 Å². The van der Waals surface area contributed by atoms with Crippen molar-refractivity contribution in [1.82, 2.24) is 5.32 Å². The van der Waals surface area contributed by atoms with Crippen molar-refractivity contribution in [3.63, 3.8) is 0 Å². The van der Waals surface area contributed by atoms with E-state index in [1.165, 1.54) is 11.5 Å². The Labute approximate surface area is 88.8 Å². The molecular weight excluding hydrogens is 194 g/mol. The van der Waals surface area contributed by atoms with Crippen LogP contribution < -0.4 is 5.32 Å². The van der Waals surface area contributed by atoms with Gasteiger partial charge < -0.3 is 5.32 Å². The van der Waals surface area contributed by atoms with Gasteiger partial charge in [-0.15, -0.1) is 0 Å². The molecule has 14 heavy (non-hydrogen) atoms. The molecule has 1 fully saturated rings. The minimum absolute atomic E-state index is 0.131. The number of thioether (sulfide) groups is 1. The van der Waals surface area contributed by atoms with E-state index in [4.69, 9.17) is 0 Å². The first-order valence-electron chi connectivity index (χ1n) is 5.10. The minimum Gasteiger partial charge on any atom is -0.350 e. The predicted octanol–water partition coefficient (Wildman–Crippen LogP) is 1.88. The van der Waals surface area contributed by atoms with Gasteiger partial charge in [0.05, 0.1) is 0 Å². The molecule has 1 N–H and O–H groups in total. The molecule has 2 rings (SSSR count). The van der Waals surface area contributed by atoms with Crippen LogP contribution in [0.5, 0.6) is 0 Å². The van der Waals surface area contributed by atoms with Crippen LogP contribution in [0, 0.1) is 0 Å². The Hall–Kier alpha value is -0.700. The highest BCUT2D eigenvalue weighted by Gasteiger charge is 2.18. The summed E-state index contributed by atoms with van der Waals surface area (Å²) in [5.74, 6) is 2.50. The van der Waals surface area contributed by atoms with E-state index in [0.717, 1.165) is 24.8 Å². The van der Waals surface area contributed by atoms with Crippen molar-refractivity contribution in [2.75, 3.05) is 11.5 Å². The van der Waals surface area contributed by atoms with Crippen LogP contribution in [0.1, 0.15) is 19.3 Å². The lowest BCUT2D eigenvalue weighted by molar-refractivity contribution is -0.118. The summed E-state index contributed by atoms with van der Waals surface area (Å²) in [6.45, 7) is 0. The molecule has 2 aliphatic rings. The van der Waals surface area contributed by atoms with E-state index in [9.17, 15) is 4.79 Å². The maximum absolute atomic E-state index is 11.7. The summed E-state index contributed by atoms with van der Waals surface area (Å²) in [5.41, 5.74) is 0.906. The van der Waals surface area contributed by atoms with E-state index in [2.05, 4.69) is 5.32 Å². The molecule has 76 valence electrons. The third-order valence-electron chi connectivity index (χ3n) is 2.62. The number of amides is 1. The van der Waals surface area contributed by atoms with Crippen molar-refractivity contribution >= 4 is 17.7 Å². The van der Waals surface area contributed by atoms with Crippen molar-refractivity contribution in [2.45, 2.75) is 25.3 Å². The van der Waals surface area contributed by atoms with E-state index >= 15 is 0 Å². The summed E-state index contributed by atoms with van der Waals surface area (Å²) < 4.78 is 0. The summed E-state index contributed by atoms with van der Waals surface area (Å²) in [5, 5.41) is 3.10. The van der Waals surface area contributed by atoms with Gasteiger partial charge >= 0.3 is 0 Å². The predicted molar refractivity (Wildman–Crippen MR) is 60.3 cm³/mol. The second kappa shape index (κ2) is 4.69. The first kappa shape index (κ1) is 9.84. The largest absolute Gasteiger partial charge is 0.350 e. The Morgan fingerprint density at radius 3 is 2.86 bits per heavy atom. The number of nitrogens with one attached hydrogen (secondary N) is 1. The molecule has 2 nitrogen and oxygen atoms in total. The molecule has 0 aromatic heterocycles. The number of carbonyl (C=O) groups is 1. The van der Waals surface area contributed by atoms with Crippen LogP contribution in [0.2, 0.25) is 0 Å². The molecule has 0 aromatic carbocycles. The smallest absolute Gasteiger partial charge is 0.247 e. The van der Waals surface area contributed by atoms with Gasteiger partial charge in [-0.1, -0.05) is 18.2 Å². The van der Waals surface area contributed by atoms with Crippen molar-refractivity contribution in [3.8, 4) is 0 Å². The monoisotopic (exact) mass is 209 g/mol. The molecule has 1 aliphatic carbocycles. The number of allylic oxidation sites excluding steroid dienone is 3. The Kier molecular flexibility index (Phi) is 3.30. The second-order valence-electron chi connectivity index (χ2n) is 3.68. The third-order valence-corrected chi connectivity index (χ3v) is 3.67. The lowest BCUT2D eigenvalue weighted by Crippen LogP contribution is -2.37. The highest BCUT2D eigenvalue weighted by molar-refractivity contribution is 7.99. The summed E-state index contributed by atoms with van der Waals surface area (Å²) in [6, 6.07) is 0.408. The van der Waals surface area contributed by atoms with Crippen LogP contribution in [0.25, 0.3) is 0 Å². The highest BCUT2D eigenvalue weighted by Crippen LogP contribution is 2.18. The fraction of sp³-hybridized carbons (Fsp3) is 0.545. The Balaban J connectivity index is 1.81. The Morgan fingerprint density at radius 1 is 1.43 bits per heavy atom. The van der Waals surface area contributed by atoms with E-state index in [1.54, 1.807) is 0 Å². The third kappa shape index (κ3) is 2.41. The molecule has 1 saturated heterocycles. The zero-order valence-corrected chi connectivity index (χ0v) is 8.98. The van der Waals surface area contributed by atoms with Gasteiger partial charge in [-0.25, -0.2) is 0 Å². The zero-order chi connectivity index (χ0) is 9.80. The first-order chi connectivity index (χ1) is 6.86. The van der Waals surface area contributed by atoms with Gasteiger partial charge in [0, 0.05) is 11.6 Å². The van der Waals surface area contributed by atoms with Crippen LogP contribution in [0.4, 0.5) is 0 Å². The maximum Gasteiger partial charge on any atom is 0.247 e. The number of hydrogen-bond donors (Lipinski definition) is 1. The summed E-state index contributed by atoms with van der Waals surface area (Å²) >= 11 is 1.98. The van der Waals surface area contributed by atoms with Crippen molar-refractivity contribution < 1.29 is 4.79 Å². The molecule has 0 saturated carbocycles. The molecular formula is C11H15NOS. The molecule has 0 unspecified atom stereocenters. The van der Waals surface area contributed by atoms with Gasteiger partial charge in [-0.3, -0.25) is 4.79 Å². The Bertz CT molecular complexity index is 277. The van der Waals surface area contributed by atoms with Crippen LogP contribution >= 0.6 is 11.8 Å².